The molecule has 0 saturated heterocycles. The number of rotatable bonds is 3. The Kier molecular flexibility index (Phi) is 4.96. The van der Waals surface area contributed by atoms with E-state index in [2.05, 4.69) is 43.4 Å². The number of hydrogen-bond donors (Lipinski definition) is 2. The van der Waals surface area contributed by atoms with Gasteiger partial charge in [0.25, 0.3) is 0 Å². The van der Waals surface area contributed by atoms with E-state index < -0.39 is 11.9 Å². The van der Waals surface area contributed by atoms with Gasteiger partial charge in [-0.3, -0.25) is 4.79 Å². The van der Waals surface area contributed by atoms with Crippen LogP contribution in [0.5, 0.6) is 5.75 Å². The maximum absolute atomic E-state index is 11.7. The third-order valence-electron chi connectivity index (χ3n) is 5.48. The first-order valence-electron chi connectivity index (χ1n) is 9.12. The van der Waals surface area contributed by atoms with Gasteiger partial charge in [0.15, 0.2) is 0 Å². The van der Waals surface area contributed by atoms with Gasteiger partial charge in [-0.1, -0.05) is 38.1 Å². The molecule has 0 aliphatic carbocycles. The van der Waals surface area contributed by atoms with E-state index in [1.807, 2.05) is 20.8 Å². The fraction of sp³-hybridized carbons (Fsp3) is 0.364. The minimum absolute atomic E-state index is 0.0565. The van der Waals surface area contributed by atoms with Gasteiger partial charge >= 0.3 is 11.9 Å². The molecule has 1 aliphatic heterocycles. The van der Waals surface area contributed by atoms with E-state index >= 15 is 0 Å². The summed E-state index contributed by atoms with van der Waals surface area (Å²) in [6.45, 7) is 10.6. The van der Waals surface area contributed by atoms with Crippen molar-refractivity contribution in [3.05, 3.63) is 57.6 Å². The molecule has 1 atom stereocenters. The lowest BCUT2D eigenvalue weighted by Gasteiger charge is -2.19. The number of anilines is 1. The van der Waals surface area contributed by atoms with Gasteiger partial charge in [-0.25, -0.2) is 4.79 Å². The van der Waals surface area contributed by atoms with E-state index in [9.17, 15) is 9.59 Å². The van der Waals surface area contributed by atoms with Gasteiger partial charge in [0, 0.05) is 17.2 Å². The predicted octanol–water partition coefficient (Wildman–Crippen LogP) is 4.28. The van der Waals surface area contributed by atoms with Crippen LogP contribution in [-0.2, 0) is 9.59 Å². The summed E-state index contributed by atoms with van der Waals surface area (Å²) in [7, 11) is 0. The van der Waals surface area contributed by atoms with Crippen LogP contribution in [0.2, 0.25) is 0 Å². The molecule has 1 aliphatic rings. The van der Waals surface area contributed by atoms with Crippen LogP contribution in [0.4, 0.5) is 5.69 Å². The molecule has 0 aromatic heterocycles. The van der Waals surface area contributed by atoms with Crippen LogP contribution in [0.3, 0.4) is 0 Å². The first kappa shape index (κ1) is 19.0. The highest BCUT2D eigenvalue weighted by atomic mass is 16.5. The van der Waals surface area contributed by atoms with Crippen LogP contribution < -0.4 is 10.1 Å². The first-order valence-corrected chi connectivity index (χ1v) is 9.12. The number of amides is 1. The number of carboxylic acid groups (broad SMARTS) is 1. The van der Waals surface area contributed by atoms with Crippen LogP contribution in [0.25, 0.3) is 0 Å². The van der Waals surface area contributed by atoms with Crippen molar-refractivity contribution >= 4 is 17.6 Å². The van der Waals surface area contributed by atoms with Crippen molar-refractivity contribution in [1.82, 2.24) is 0 Å². The van der Waals surface area contributed by atoms with Gasteiger partial charge in [0.1, 0.15) is 5.75 Å². The van der Waals surface area contributed by atoms with Crippen LogP contribution in [0, 0.1) is 20.8 Å². The Morgan fingerprint density at radius 3 is 2.26 bits per heavy atom. The lowest BCUT2D eigenvalue weighted by molar-refractivity contribution is -0.147. The molecule has 0 bridgehead atoms. The zero-order chi connectivity index (χ0) is 19.9. The van der Waals surface area contributed by atoms with Crippen molar-refractivity contribution in [2.24, 2.45) is 0 Å². The molecule has 0 spiro atoms. The summed E-state index contributed by atoms with van der Waals surface area (Å²) in [6, 6.07) is 8.54. The van der Waals surface area contributed by atoms with Crippen LogP contribution in [-0.4, -0.2) is 23.6 Å². The molecule has 2 N–H and O–H groups in total. The lowest BCUT2D eigenvalue weighted by atomic mass is 9.85. The highest BCUT2D eigenvalue weighted by Crippen LogP contribution is 2.46. The Balaban J connectivity index is 2.08. The summed E-state index contributed by atoms with van der Waals surface area (Å²) >= 11 is 0. The van der Waals surface area contributed by atoms with E-state index in [1.165, 1.54) is 5.56 Å². The summed E-state index contributed by atoms with van der Waals surface area (Å²) in [4.78, 5) is 22.7. The molecule has 0 radical (unpaired) electrons. The number of hydrogen-bond acceptors (Lipinski definition) is 3. The molecule has 1 amide bonds. The maximum Gasteiger partial charge on any atom is 0.394 e. The Hall–Kier alpha value is -2.82. The van der Waals surface area contributed by atoms with E-state index in [-0.39, 0.29) is 5.92 Å². The van der Waals surface area contributed by atoms with Crippen molar-refractivity contribution in [3.8, 4) is 5.75 Å². The van der Waals surface area contributed by atoms with Gasteiger partial charge in [-0.05, 0) is 54.5 Å². The van der Waals surface area contributed by atoms with Crippen LogP contribution >= 0.6 is 0 Å². The second-order valence-electron chi connectivity index (χ2n) is 7.44. The highest BCUT2D eigenvalue weighted by molar-refractivity contribution is 6.36. The number of carbonyl (C=O) groups excluding carboxylic acids is 1. The largest absolute Gasteiger partial charge is 0.492 e. The fourth-order valence-corrected chi connectivity index (χ4v) is 3.73. The Labute approximate surface area is 159 Å². The molecule has 2 aromatic rings. The number of nitrogens with one attached hydrogen (secondary N) is 1. The quantitative estimate of drug-likeness (QED) is 0.794. The monoisotopic (exact) mass is 367 g/mol. The number of carbonyl (C=O) groups is 2. The van der Waals surface area contributed by atoms with Gasteiger partial charge in [0.2, 0.25) is 0 Å². The number of carboxylic acids is 1. The molecule has 5 nitrogen and oxygen atoms in total. The minimum atomic E-state index is -1.50. The molecule has 27 heavy (non-hydrogen) atoms. The number of ether oxygens (including phenoxy) is 1. The summed E-state index contributed by atoms with van der Waals surface area (Å²) in [5.74, 6) is -1.16. The standard InChI is InChI=1S/C22H25NO4/c1-11(2)15-6-8-16(9-7-15)17-10-27-20-13(4)12(3)19(14(5)18(17)20)23-21(24)22(25)26/h6-9,11,17H,10H2,1-5H3,(H,23,24)(H,25,26). The Bertz CT molecular complexity index is 913. The van der Waals surface area contributed by atoms with Crippen molar-refractivity contribution < 1.29 is 19.4 Å². The molecule has 5 heteroatoms. The SMILES string of the molecule is Cc1c(C)c2c(c(C)c1NC(=O)C(=O)O)C(c1ccc(C(C)C)cc1)CO2. The third-order valence-corrected chi connectivity index (χ3v) is 5.48. The van der Waals surface area contributed by atoms with Crippen molar-refractivity contribution in [2.75, 3.05) is 11.9 Å². The molecule has 0 saturated carbocycles. The number of aliphatic carboxylic acids is 1. The smallest absolute Gasteiger partial charge is 0.394 e. The van der Waals surface area contributed by atoms with Gasteiger partial charge in [-0.2, -0.15) is 0 Å². The average molecular weight is 367 g/mol. The van der Waals surface area contributed by atoms with Crippen LogP contribution in [0.1, 0.15) is 59.1 Å². The van der Waals surface area contributed by atoms with E-state index in [0.717, 1.165) is 33.6 Å². The van der Waals surface area contributed by atoms with E-state index in [1.54, 1.807) is 0 Å². The summed E-state index contributed by atoms with van der Waals surface area (Å²) in [6.07, 6.45) is 0. The molecule has 1 heterocycles. The zero-order valence-electron chi connectivity index (χ0n) is 16.3. The normalized spacial score (nSPS) is 15.4. The topological polar surface area (TPSA) is 75.6 Å². The van der Waals surface area contributed by atoms with E-state index in [4.69, 9.17) is 9.84 Å². The van der Waals surface area contributed by atoms with Gasteiger partial charge in [-0.15, -0.1) is 0 Å². The minimum Gasteiger partial charge on any atom is -0.492 e. The van der Waals surface area contributed by atoms with Crippen LogP contribution in [0.15, 0.2) is 24.3 Å². The average Bonchev–Trinajstić information content (AvgIpc) is 3.08. The Morgan fingerprint density at radius 2 is 1.70 bits per heavy atom. The molecule has 142 valence electrons. The lowest BCUT2D eigenvalue weighted by Crippen LogP contribution is -2.23. The maximum atomic E-state index is 11.7. The number of benzene rings is 2. The van der Waals surface area contributed by atoms with Crippen molar-refractivity contribution in [1.29, 1.82) is 0 Å². The van der Waals surface area contributed by atoms with E-state index in [0.29, 0.717) is 18.2 Å². The van der Waals surface area contributed by atoms with Crippen molar-refractivity contribution in [2.45, 2.75) is 46.5 Å². The number of fused-ring (bicyclic) bond motifs is 1. The molecular weight excluding hydrogens is 342 g/mol. The summed E-state index contributed by atoms with van der Waals surface area (Å²) in [5.41, 5.74) is 6.64. The second-order valence-corrected chi connectivity index (χ2v) is 7.44. The highest BCUT2D eigenvalue weighted by Gasteiger charge is 2.32. The summed E-state index contributed by atoms with van der Waals surface area (Å²) in [5, 5.41) is 11.5. The predicted molar refractivity (Wildman–Crippen MR) is 105 cm³/mol. The van der Waals surface area contributed by atoms with Gasteiger partial charge in [0.05, 0.1) is 6.61 Å². The molecule has 2 aromatic carbocycles. The fourth-order valence-electron chi connectivity index (χ4n) is 3.73. The van der Waals surface area contributed by atoms with Gasteiger partial charge < -0.3 is 15.2 Å². The molecule has 3 rings (SSSR count). The molecule has 0 fully saturated rings. The molecular formula is C22H25NO4. The first-order chi connectivity index (χ1) is 12.7. The third kappa shape index (κ3) is 3.29. The second kappa shape index (κ2) is 7.06. The molecule has 1 unspecified atom stereocenters. The van der Waals surface area contributed by atoms with Crippen molar-refractivity contribution in [3.63, 3.8) is 0 Å². The zero-order valence-corrected chi connectivity index (χ0v) is 16.3. The summed E-state index contributed by atoms with van der Waals surface area (Å²) < 4.78 is 6.01. The Morgan fingerprint density at radius 1 is 1.07 bits per heavy atom.